The third-order valence-corrected chi connectivity index (χ3v) is 3.94. The highest BCUT2D eigenvalue weighted by molar-refractivity contribution is 8.04. The average molecular weight is 251 g/mol. The number of hydrogen-bond donors (Lipinski definition) is 2. The number of amides is 4. The van der Waals surface area contributed by atoms with E-state index in [1.165, 1.54) is 11.8 Å². The van der Waals surface area contributed by atoms with Crippen molar-refractivity contribution in [1.82, 2.24) is 15.5 Å². The summed E-state index contributed by atoms with van der Waals surface area (Å²) in [5.74, 6) is -1.67. The quantitative estimate of drug-likeness (QED) is 0.516. The van der Waals surface area contributed by atoms with Gasteiger partial charge in [-0.1, -0.05) is 23.9 Å². The summed E-state index contributed by atoms with van der Waals surface area (Å²) >= 11 is 1.38. The molecule has 3 aliphatic rings. The molecule has 0 aromatic heterocycles. The molecule has 2 aliphatic heterocycles. The van der Waals surface area contributed by atoms with Crippen LogP contribution in [-0.4, -0.2) is 28.2 Å². The van der Waals surface area contributed by atoms with Crippen LogP contribution in [0.1, 0.15) is 12.8 Å². The van der Waals surface area contributed by atoms with E-state index in [1.807, 2.05) is 17.5 Å². The Morgan fingerprint density at radius 1 is 1.35 bits per heavy atom. The minimum Gasteiger partial charge on any atom is -0.358 e. The van der Waals surface area contributed by atoms with E-state index in [0.717, 1.165) is 28.3 Å². The molecule has 6 nitrogen and oxygen atoms in total. The van der Waals surface area contributed by atoms with Crippen molar-refractivity contribution < 1.29 is 14.4 Å². The fourth-order valence-electron chi connectivity index (χ4n) is 1.94. The molecule has 88 valence electrons. The Morgan fingerprint density at radius 2 is 2.18 bits per heavy atom. The molecule has 1 fully saturated rings. The third-order valence-electron chi connectivity index (χ3n) is 2.75. The van der Waals surface area contributed by atoms with Crippen molar-refractivity contribution >= 4 is 29.6 Å². The zero-order valence-corrected chi connectivity index (χ0v) is 9.54. The van der Waals surface area contributed by atoms with Crippen LogP contribution in [0.2, 0.25) is 0 Å². The van der Waals surface area contributed by atoms with Crippen molar-refractivity contribution in [3.8, 4) is 0 Å². The van der Waals surface area contributed by atoms with Gasteiger partial charge in [0.15, 0.2) is 5.50 Å². The highest BCUT2D eigenvalue weighted by Gasteiger charge is 2.44. The lowest BCUT2D eigenvalue weighted by atomic mass is 10.1. The lowest BCUT2D eigenvalue weighted by Crippen LogP contribution is -2.44. The standard InChI is InChI=1S/C10H9N3O3S/c14-7-8(15)13(9(16)12-7)10-11-5-3-1-2-4-6(5)17-10/h2,4,10-11H,1,3H2,(H,12,14,16). The first-order valence-corrected chi connectivity index (χ1v) is 6.06. The molecule has 1 atom stereocenters. The molecule has 1 saturated heterocycles. The maximum atomic E-state index is 11.5. The molecular formula is C10H9N3O3S. The molecule has 1 aliphatic carbocycles. The maximum absolute atomic E-state index is 11.5. The number of nitrogens with one attached hydrogen (secondary N) is 2. The van der Waals surface area contributed by atoms with Crippen LogP contribution in [-0.2, 0) is 9.59 Å². The fraction of sp³-hybridized carbons (Fsp3) is 0.300. The molecule has 3 rings (SSSR count). The number of hydrogen-bond acceptors (Lipinski definition) is 5. The molecule has 17 heavy (non-hydrogen) atoms. The summed E-state index contributed by atoms with van der Waals surface area (Å²) in [6, 6.07) is -0.658. The summed E-state index contributed by atoms with van der Waals surface area (Å²) in [4.78, 5) is 36.0. The summed E-state index contributed by atoms with van der Waals surface area (Å²) in [5.41, 5.74) is 0.518. The molecule has 1 unspecified atom stereocenters. The van der Waals surface area contributed by atoms with Gasteiger partial charge in [-0.05, 0) is 12.8 Å². The Bertz CT molecular complexity index is 497. The molecule has 2 N–H and O–H groups in total. The summed E-state index contributed by atoms with van der Waals surface area (Å²) in [7, 11) is 0. The van der Waals surface area contributed by atoms with Crippen LogP contribution in [0.25, 0.3) is 0 Å². The molecule has 0 aromatic carbocycles. The summed E-state index contributed by atoms with van der Waals surface area (Å²) < 4.78 is 0. The first kappa shape index (κ1) is 10.4. The zero-order valence-electron chi connectivity index (χ0n) is 8.73. The van der Waals surface area contributed by atoms with E-state index in [9.17, 15) is 14.4 Å². The van der Waals surface area contributed by atoms with Gasteiger partial charge in [0.05, 0.1) is 0 Å². The van der Waals surface area contributed by atoms with Gasteiger partial charge in [0.25, 0.3) is 0 Å². The molecular weight excluding hydrogens is 242 g/mol. The Kier molecular flexibility index (Phi) is 2.22. The molecule has 0 spiro atoms. The summed E-state index contributed by atoms with van der Waals surface area (Å²) in [5, 5.41) is 5.08. The Balaban J connectivity index is 1.81. The second kappa shape index (κ2) is 3.63. The first-order chi connectivity index (χ1) is 8.16. The van der Waals surface area contributed by atoms with Crippen LogP contribution in [0, 0.1) is 0 Å². The van der Waals surface area contributed by atoms with Crippen LogP contribution in [0.4, 0.5) is 4.79 Å². The van der Waals surface area contributed by atoms with Crippen molar-refractivity contribution in [3.63, 3.8) is 0 Å². The van der Waals surface area contributed by atoms with Crippen molar-refractivity contribution in [3.05, 3.63) is 22.8 Å². The maximum Gasteiger partial charge on any atom is 0.334 e. The third kappa shape index (κ3) is 1.54. The average Bonchev–Trinajstić information content (AvgIpc) is 2.81. The summed E-state index contributed by atoms with van der Waals surface area (Å²) in [6.45, 7) is 0. The fourth-order valence-corrected chi connectivity index (χ4v) is 3.15. The van der Waals surface area contributed by atoms with Gasteiger partial charge in [-0.25, -0.2) is 9.69 Å². The van der Waals surface area contributed by atoms with Crippen molar-refractivity contribution in [1.29, 1.82) is 0 Å². The van der Waals surface area contributed by atoms with Gasteiger partial charge in [0.2, 0.25) is 0 Å². The summed E-state index contributed by atoms with van der Waals surface area (Å²) in [6.07, 6.45) is 5.83. The molecule has 7 heteroatoms. The monoisotopic (exact) mass is 251 g/mol. The van der Waals surface area contributed by atoms with Crippen LogP contribution in [0.15, 0.2) is 22.8 Å². The van der Waals surface area contributed by atoms with Crippen LogP contribution in [0.5, 0.6) is 0 Å². The number of carbonyl (C=O) groups excluding carboxylic acids is 3. The molecule has 0 bridgehead atoms. The minimum absolute atomic E-state index is 0.512. The van der Waals surface area contributed by atoms with E-state index in [0.29, 0.717) is 0 Å². The topological polar surface area (TPSA) is 78.5 Å². The van der Waals surface area contributed by atoms with Crippen LogP contribution < -0.4 is 10.6 Å². The largest absolute Gasteiger partial charge is 0.358 e. The van der Waals surface area contributed by atoms with E-state index >= 15 is 0 Å². The van der Waals surface area contributed by atoms with Gasteiger partial charge in [-0.2, -0.15) is 0 Å². The minimum atomic E-state index is -0.863. The normalized spacial score (nSPS) is 27.4. The molecule has 4 amide bonds. The van der Waals surface area contributed by atoms with E-state index in [4.69, 9.17) is 0 Å². The number of thioether (sulfide) groups is 1. The van der Waals surface area contributed by atoms with E-state index < -0.39 is 23.3 Å². The van der Waals surface area contributed by atoms with Crippen molar-refractivity contribution in [2.45, 2.75) is 18.3 Å². The van der Waals surface area contributed by atoms with Crippen LogP contribution in [0.3, 0.4) is 0 Å². The molecule has 0 saturated carbocycles. The molecule has 0 radical (unpaired) electrons. The number of rotatable bonds is 1. The Labute approximate surface area is 101 Å². The number of carbonyl (C=O) groups is 3. The molecule has 2 heterocycles. The predicted octanol–water partition coefficient (Wildman–Crippen LogP) is 0.246. The predicted molar refractivity (Wildman–Crippen MR) is 60.3 cm³/mol. The number of nitrogens with zero attached hydrogens (tertiary/aromatic N) is 1. The Morgan fingerprint density at radius 3 is 2.82 bits per heavy atom. The van der Waals surface area contributed by atoms with Gasteiger partial charge in [-0.3, -0.25) is 14.9 Å². The van der Waals surface area contributed by atoms with Gasteiger partial charge < -0.3 is 5.32 Å². The number of urea groups is 1. The number of allylic oxidation sites excluding steroid dienone is 3. The highest BCUT2D eigenvalue weighted by Crippen LogP contribution is 2.37. The zero-order chi connectivity index (χ0) is 12.0. The van der Waals surface area contributed by atoms with Crippen molar-refractivity contribution in [2.24, 2.45) is 0 Å². The van der Waals surface area contributed by atoms with Crippen LogP contribution >= 0.6 is 11.8 Å². The highest BCUT2D eigenvalue weighted by atomic mass is 32.2. The van der Waals surface area contributed by atoms with Crippen molar-refractivity contribution in [2.75, 3.05) is 0 Å². The lowest BCUT2D eigenvalue weighted by molar-refractivity contribution is -0.140. The molecule has 0 aromatic rings. The first-order valence-electron chi connectivity index (χ1n) is 5.18. The van der Waals surface area contributed by atoms with E-state index in [-0.39, 0.29) is 0 Å². The van der Waals surface area contributed by atoms with Gasteiger partial charge in [-0.15, -0.1) is 0 Å². The lowest BCUT2D eigenvalue weighted by Gasteiger charge is -2.20. The van der Waals surface area contributed by atoms with E-state index in [2.05, 4.69) is 5.32 Å². The number of imide groups is 2. The van der Waals surface area contributed by atoms with Gasteiger partial charge in [0.1, 0.15) is 0 Å². The second-order valence-electron chi connectivity index (χ2n) is 3.83. The SMILES string of the molecule is O=C1NC(=O)N(C2NC3=C(C=CCC3)S2)C1=O. The smallest absolute Gasteiger partial charge is 0.334 e. The van der Waals surface area contributed by atoms with E-state index in [1.54, 1.807) is 0 Å². The second-order valence-corrected chi connectivity index (χ2v) is 4.95. The van der Waals surface area contributed by atoms with Gasteiger partial charge in [0, 0.05) is 10.6 Å². The Hall–Kier alpha value is -1.76. The van der Waals surface area contributed by atoms with Gasteiger partial charge >= 0.3 is 17.8 Å².